The van der Waals surface area contributed by atoms with Gasteiger partial charge in [0, 0.05) is 12.2 Å². The fourth-order valence-electron chi connectivity index (χ4n) is 2.34. The van der Waals surface area contributed by atoms with Gasteiger partial charge in [-0.15, -0.1) is 0 Å². The average Bonchev–Trinajstić information content (AvgIpc) is 3.10. The quantitative estimate of drug-likeness (QED) is 0.781. The zero-order valence-electron chi connectivity index (χ0n) is 13.0. The maximum Gasteiger partial charge on any atom is 0.416 e. The average molecular weight is 345 g/mol. The van der Waals surface area contributed by atoms with Crippen LogP contribution in [0, 0.1) is 0 Å². The Morgan fingerprint density at radius 2 is 1.72 bits per heavy atom. The van der Waals surface area contributed by atoms with Crippen LogP contribution in [0.4, 0.5) is 13.2 Å². The van der Waals surface area contributed by atoms with Gasteiger partial charge in [0.1, 0.15) is 5.69 Å². The molecule has 0 aliphatic carbocycles. The number of benzene rings is 2. The van der Waals surface area contributed by atoms with Gasteiger partial charge in [-0.1, -0.05) is 30.3 Å². The number of alkyl halides is 3. The van der Waals surface area contributed by atoms with E-state index >= 15 is 0 Å². The minimum atomic E-state index is -4.37. The van der Waals surface area contributed by atoms with E-state index in [-0.39, 0.29) is 12.5 Å². The highest BCUT2D eigenvalue weighted by molar-refractivity contribution is 5.92. The van der Waals surface area contributed by atoms with Gasteiger partial charge in [-0.05, 0) is 29.8 Å². The third-order valence-electron chi connectivity index (χ3n) is 3.64. The second kappa shape index (κ2) is 6.80. The number of carbonyl (C=O) groups is 1. The van der Waals surface area contributed by atoms with Crippen LogP contribution in [-0.2, 0) is 12.7 Å². The topological polar surface area (TPSA) is 46.9 Å². The predicted molar refractivity (Wildman–Crippen MR) is 86.2 cm³/mol. The zero-order chi connectivity index (χ0) is 17.9. The summed E-state index contributed by atoms with van der Waals surface area (Å²) in [5.74, 6) is -0.360. The molecule has 128 valence electrons. The van der Waals surface area contributed by atoms with Crippen LogP contribution >= 0.6 is 0 Å². The van der Waals surface area contributed by atoms with Crippen LogP contribution in [0.25, 0.3) is 5.69 Å². The van der Waals surface area contributed by atoms with Gasteiger partial charge in [-0.2, -0.15) is 13.2 Å². The van der Waals surface area contributed by atoms with E-state index in [0.717, 1.165) is 17.8 Å². The molecule has 25 heavy (non-hydrogen) atoms. The van der Waals surface area contributed by atoms with E-state index in [1.165, 1.54) is 24.7 Å². The van der Waals surface area contributed by atoms with Gasteiger partial charge >= 0.3 is 6.18 Å². The summed E-state index contributed by atoms with van der Waals surface area (Å²) in [7, 11) is 0. The Bertz CT molecular complexity index is 855. The van der Waals surface area contributed by atoms with Crippen molar-refractivity contribution >= 4 is 5.91 Å². The summed E-state index contributed by atoms with van der Waals surface area (Å²) >= 11 is 0. The molecule has 0 fully saturated rings. The first-order valence-corrected chi connectivity index (χ1v) is 7.47. The molecule has 3 aromatic rings. The summed E-state index contributed by atoms with van der Waals surface area (Å²) in [6, 6.07) is 13.9. The number of rotatable bonds is 4. The molecule has 0 saturated carbocycles. The molecule has 0 radical (unpaired) electrons. The zero-order valence-corrected chi connectivity index (χ0v) is 13.0. The van der Waals surface area contributed by atoms with Crippen molar-refractivity contribution in [3.05, 3.63) is 83.9 Å². The number of aromatic nitrogens is 2. The van der Waals surface area contributed by atoms with E-state index in [1.54, 1.807) is 4.57 Å². The molecule has 0 aliphatic heterocycles. The second-order valence-electron chi connectivity index (χ2n) is 5.36. The monoisotopic (exact) mass is 345 g/mol. The molecular weight excluding hydrogens is 331 g/mol. The first-order valence-electron chi connectivity index (χ1n) is 7.47. The fraction of sp³-hybridized carbons (Fsp3) is 0.111. The van der Waals surface area contributed by atoms with E-state index in [1.807, 2.05) is 30.3 Å². The Labute approximate surface area is 141 Å². The summed E-state index contributed by atoms with van der Waals surface area (Å²) in [4.78, 5) is 16.3. The molecule has 0 spiro atoms. The smallest absolute Gasteiger partial charge is 0.347 e. The van der Waals surface area contributed by atoms with Crippen LogP contribution in [-0.4, -0.2) is 15.5 Å². The van der Waals surface area contributed by atoms with E-state index in [9.17, 15) is 18.0 Å². The molecule has 1 heterocycles. The maximum atomic E-state index is 12.5. The Morgan fingerprint density at radius 3 is 2.36 bits per heavy atom. The van der Waals surface area contributed by atoms with Crippen molar-refractivity contribution in [1.29, 1.82) is 0 Å². The third-order valence-corrected chi connectivity index (χ3v) is 3.64. The number of para-hydroxylation sites is 1. The molecule has 4 nitrogen and oxygen atoms in total. The molecule has 2 aromatic carbocycles. The van der Waals surface area contributed by atoms with Crippen molar-refractivity contribution in [3.63, 3.8) is 0 Å². The lowest BCUT2D eigenvalue weighted by Gasteiger charge is -2.10. The third kappa shape index (κ3) is 3.88. The Hall–Kier alpha value is -3.09. The maximum absolute atomic E-state index is 12.5. The largest absolute Gasteiger partial charge is 0.416 e. The lowest BCUT2D eigenvalue weighted by molar-refractivity contribution is -0.137. The van der Waals surface area contributed by atoms with Crippen LogP contribution in [0.5, 0.6) is 0 Å². The van der Waals surface area contributed by atoms with Crippen LogP contribution in [0.2, 0.25) is 0 Å². The number of nitrogens with zero attached hydrogens (tertiary/aromatic N) is 2. The summed E-state index contributed by atoms with van der Waals surface area (Å²) in [5.41, 5.74) is 0.995. The fourth-order valence-corrected chi connectivity index (χ4v) is 2.34. The molecule has 0 aliphatic rings. The molecular formula is C18H14F3N3O. The van der Waals surface area contributed by atoms with Crippen LogP contribution < -0.4 is 5.32 Å². The molecule has 1 amide bonds. The van der Waals surface area contributed by atoms with E-state index in [4.69, 9.17) is 0 Å². The second-order valence-corrected chi connectivity index (χ2v) is 5.36. The molecule has 1 N–H and O–H groups in total. The van der Waals surface area contributed by atoms with E-state index in [2.05, 4.69) is 10.3 Å². The van der Waals surface area contributed by atoms with Crippen molar-refractivity contribution in [1.82, 2.24) is 14.9 Å². The van der Waals surface area contributed by atoms with Crippen LogP contribution in [0.15, 0.2) is 67.1 Å². The lowest BCUT2D eigenvalue weighted by atomic mass is 10.1. The standard InChI is InChI=1S/C18H14F3N3O/c19-18(20,21)14-8-6-13(7-9-14)10-23-17(25)16-11-22-12-24(16)15-4-2-1-3-5-15/h1-9,11-12H,10H2,(H,23,25). The SMILES string of the molecule is O=C(NCc1ccc(C(F)(F)F)cc1)c1cncn1-c1ccccc1. The molecule has 0 unspecified atom stereocenters. The number of carbonyl (C=O) groups excluding carboxylic acids is 1. The highest BCUT2D eigenvalue weighted by Crippen LogP contribution is 2.29. The summed E-state index contributed by atoms with van der Waals surface area (Å²) in [6.07, 6.45) is -1.40. The summed E-state index contributed by atoms with van der Waals surface area (Å²) in [5, 5.41) is 2.69. The van der Waals surface area contributed by atoms with Gasteiger partial charge in [0.2, 0.25) is 0 Å². The lowest BCUT2D eigenvalue weighted by Crippen LogP contribution is -2.25. The molecule has 7 heteroatoms. The minimum absolute atomic E-state index is 0.122. The van der Waals surface area contributed by atoms with Gasteiger partial charge in [0.25, 0.3) is 5.91 Å². The molecule has 0 atom stereocenters. The molecule has 1 aromatic heterocycles. The van der Waals surface area contributed by atoms with Gasteiger partial charge in [-0.25, -0.2) is 4.98 Å². The van der Waals surface area contributed by atoms with E-state index in [0.29, 0.717) is 11.3 Å². The van der Waals surface area contributed by atoms with E-state index < -0.39 is 11.7 Å². The van der Waals surface area contributed by atoms with Crippen molar-refractivity contribution in [2.45, 2.75) is 12.7 Å². The van der Waals surface area contributed by atoms with Crippen molar-refractivity contribution in [2.24, 2.45) is 0 Å². The Morgan fingerprint density at radius 1 is 1.04 bits per heavy atom. The highest BCUT2D eigenvalue weighted by atomic mass is 19.4. The normalized spacial score (nSPS) is 11.3. The number of halogens is 3. The molecule has 0 saturated heterocycles. The Balaban J connectivity index is 1.69. The summed E-state index contributed by atoms with van der Waals surface area (Å²) in [6.45, 7) is 0.122. The van der Waals surface area contributed by atoms with Crippen LogP contribution in [0.1, 0.15) is 21.6 Å². The first kappa shape index (κ1) is 16.8. The number of hydrogen-bond acceptors (Lipinski definition) is 2. The highest BCUT2D eigenvalue weighted by Gasteiger charge is 2.29. The van der Waals surface area contributed by atoms with Crippen molar-refractivity contribution < 1.29 is 18.0 Å². The number of amides is 1. The number of hydrogen-bond donors (Lipinski definition) is 1. The number of nitrogens with one attached hydrogen (secondary N) is 1. The van der Waals surface area contributed by atoms with Gasteiger partial charge in [0.05, 0.1) is 18.1 Å². The van der Waals surface area contributed by atoms with Gasteiger partial charge in [-0.3, -0.25) is 9.36 Å². The van der Waals surface area contributed by atoms with Crippen molar-refractivity contribution in [2.75, 3.05) is 0 Å². The first-order chi connectivity index (χ1) is 11.9. The van der Waals surface area contributed by atoms with Gasteiger partial charge < -0.3 is 5.32 Å². The summed E-state index contributed by atoms with van der Waals surface area (Å²) < 4.78 is 39.3. The minimum Gasteiger partial charge on any atom is -0.347 e. The molecule has 0 bridgehead atoms. The Kier molecular flexibility index (Phi) is 4.56. The number of imidazole rings is 1. The van der Waals surface area contributed by atoms with Gasteiger partial charge in [0.15, 0.2) is 0 Å². The van der Waals surface area contributed by atoms with Crippen LogP contribution in [0.3, 0.4) is 0 Å². The predicted octanol–water partition coefficient (Wildman–Crippen LogP) is 3.82. The van der Waals surface area contributed by atoms with Crippen molar-refractivity contribution in [3.8, 4) is 5.69 Å². The molecule has 3 rings (SSSR count).